The Bertz CT molecular complexity index is 1320. The molecule has 0 unspecified atom stereocenters. The normalized spacial score (nSPS) is 10.6. The summed E-state index contributed by atoms with van der Waals surface area (Å²) < 4.78 is 0. The van der Waals surface area contributed by atoms with Gasteiger partial charge in [0.05, 0.1) is 5.69 Å². The number of hydrogen-bond acceptors (Lipinski definition) is 5. The zero-order valence-electron chi connectivity index (χ0n) is 20.7. The molecule has 178 valence electrons. The second kappa shape index (κ2) is 10.8. The highest BCUT2D eigenvalue weighted by Gasteiger charge is 2.11. The van der Waals surface area contributed by atoms with E-state index >= 15 is 0 Å². The maximum atomic E-state index is 13.0. The second-order valence-corrected chi connectivity index (χ2v) is 8.38. The van der Waals surface area contributed by atoms with Crippen LogP contribution < -0.4 is 15.5 Å². The van der Waals surface area contributed by atoms with Crippen molar-refractivity contribution in [1.82, 2.24) is 9.97 Å². The largest absolute Gasteiger partial charge is 0.372 e. The van der Waals surface area contributed by atoms with E-state index in [2.05, 4.69) is 51.5 Å². The Hall–Kier alpha value is -4.19. The maximum absolute atomic E-state index is 13.0. The Morgan fingerprint density at radius 1 is 0.857 bits per heavy atom. The first-order valence-electron chi connectivity index (χ1n) is 11.9. The molecule has 0 aliphatic heterocycles. The summed E-state index contributed by atoms with van der Waals surface area (Å²) in [4.78, 5) is 24.4. The van der Waals surface area contributed by atoms with Gasteiger partial charge in [-0.15, -0.1) is 0 Å². The summed E-state index contributed by atoms with van der Waals surface area (Å²) in [5, 5.41) is 6.37. The molecule has 0 aliphatic carbocycles. The van der Waals surface area contributed by atoms with Crippen LogP contribution in [0.25, 0.3) is 11.3 Å². The van der Waals surface area contributed by atoms with Crippen LogP contribution in [0.5, 0.6) is 0 Å². The topological polar surface area (TPSA) is 70.2 Å². The Labute approximate surface area is 207 Å². The maximum Gasteiger partial charge on any atom is 0.255 e. The van der Waals surface area contributed by atoms with E-state index in [1.54, 1.807) is 6.07 Å². The van der Waals surface area contributed by atoms with Crippen LogP contribution in [0.15, 0.2) is 78.9 Å². The Balaban J connectivity index is 1.51. The van der Waals surface area contributed by atoms with E-state index in [1.807, 2.05) is 74.5 Å². The third-order valence-corrected chi connectivity index (χ3v) is 5.89. The van der Waals surface area contributed by atoms with E-state index in [0.717, 1.165) is 47.0 Å². The van der Waals surface area contributed by atoms with E-state index in [1.165, 1.54) is 0 Å². The number of carbonyl (C=O) groups excluding carboxylic acids is 1. The highest BCUT2D eigenvalue weighted by molar-refractivity contribution is 6.05. The molecule has 6 heteroatoms. The van der Waals surface area contributed by atoms with Crippen LogP contribution >= 0.6 is 0 Å². The molecule has 4 rings (SSSR count). The third kappa shape index (κ3) is 5.84. The molecule has 35 heavy (non-hydrogen) atoms. The van der Waals surface area contributed by atoms with Crippen LogP contribution in [0.1, 0.15) is 35.6 Å². The first-order chi connectivity index (χ1) is 17.0. The van der Waals surface area contributed by atoms with Crippen molar-refractivity contribution in [2.75, 3.05) is 28.6 Å². The van der Waals surface area contributed by atoms with E-state index in [-0.39, 0.29) is 5.91 Å². The van der Waals surface area contributed by atoms with Gasteiger partial charge in [-0.2, -0.15) is 0 Å². The average Bonchev–Trinajstić information content (AvgIpc) is 2.86. The number of aromatic nitrogens is 2. The summed E-state index contributed by atoms with van der Waals surface area (Å²) in [6, 6.07) is 25.5. The zero-order valence-corrected chi connectivity index (χ0v) is 20.7. The van der Waals surface area contributed by atoms with Crippen molar-refractivity contribution >= 4 is 28.8 Å². The molecule has 1 amide bonds. The molecular formula is C29H31N5O. The van der Waals surface area contributed by atoms with E-state index in [9.17, 15) is 4.79 Å². The summed E-state index contributed by atoms with van der Waals surface area (Å²) in [5.41, 5.74) is 6.21. The molecular weight excluding hydrogens is 434 g/mol. The zero-order chi connectivity index (χ0) is 24.8. The number of carbonyl (C=O) groups is 1. The van der Waals surface area contributed by atoms with Gasteiger partial charge >= 0.3 is 0 Å². The molecule has 4 aromatic rings. The van der Waals surface area contributed by atoms with E-state index < -0.39 is 0 Å². The molecule has 2 N–H and O–H groups in total. The molecule has 0 aliphatic rings. The lowest BCUT2D eigenvalue weighted by molar-refractivity contribution is 0.102. The third-order valence-electron chi connectivity index (χ3n) is 5.89. The monoisotopic (exact) mass is 465 g/mol. The van der Waals surface area contributed by atoms with Crippen molar-refractivity contribution in [3.05, 3.63) is 95.8 Å². The van der Waals surface area contributed by atoms with Gasteiger partial charge in [0, 0.05) is 47.3 Å². The van der Waals surface area contributed by atoms with E-state index in [0.29, 0.717) is 17.2 Å². The molecule has 0 spiro atoms. The number of nitrogens with one attached hydrogen (secondary N) is 2. The van der Waals surface area contributed by atoms with Crippen molar-refractivity contribution in [2.24, 2.45) is 0 Å². The molecule has 6 nitrogen and oxygen atoms in total. The van der Waals surface area contributed by atoms with Crippen LogP contribution in [0, 0.1) is 13.8 Å². The fourth-order valence-electron chi connectivity index (χ4n) is 4.04. The lowest BCUT2D eigenvalue weighted by atomic mass is 10.1. The summed E-state index contributed by atoms with van der Waals surface area (Å²) in [7, 11) is 0. The minimum atomic E-state index is -0.156. The summed E-state index contributed by atoms with van der Waals surface area (Å²) in [6.45, 7) is 10.1. The van der Waals surface area contributed by atoms with Gasteiger partial charge in [0.15, 0.2) is 0 Å². The van der Waals surface area contributed by atoms with Gasteiger partial charge in [0.25, 0.3) is 5.91 Å². The molecule has 0 bridgehead atoms. The Kier molecular flexibility index (Phi) is 7.41. The number of anilines is 4. The fourth-order valence-corrected chi connectivity index (χ4v) is 4.04. The van der Waals surface area contributed by atoms with E-state index in [4.69, 9.17) is 0 Å². The van der Waals surface area contributed by atoms with Gasteiger partial charge in [-0.3, -0.25) is 4.79 Å². The second-order valence-electron chi connectivity index (χ2n) is 8.38. The molecule has 1 aromatic heterocycles. The number of amides is 1. The predicted octanol–water partition coefficient (Wildman–Crippen LogP) is 6.60. The minimum Gasteiger partial charge on any atom is -0.372 e. The lowest BCUT2D eigenvalue weighted by Gasteiger charge is -2.22. The van der Waals surface area contributed by atoms with Gasteiger partial charge in [0.2, 0.25) is 0 Å². The molecule has 0 radical (unpaired) electrons. The highest BCUT2D eigenvalue weighted by Crippen LogP contribution is 2.25. The van der Waals surface area contributed by atoms with Gasteiger partial charge in [-0.05, 0) is 69.7 Å². The molecule has 0 atom stereocenters. The van der Waals surface area contributed by atoms with Crippen LogP contribution in [0.3, 0.4) is 0 Å². The van der Waals surface area contributed by atoms with Gasteiger partial charge in [-0.1, -0.05) is 36.4 Å². The van der Waals surface area contributed by atoms with Crippen molar-refractivity contribution in [3.63, 3.8) is 0 Å². The van der Waals surface area contributed by atoms with Crippen LogP contribution in [0.2, 0.25) is 0 Å². The Morgan fingerprint density at radius 3 is 2.34 bits per heavy atom. The van der Waals surface area contributed by atoms with Crippen molar-refractivity contribution < 1.29 is 4.79 Å². The van der Waals surface area contributed by atoms with Crippen LogP contribution in [0.4, 0.5) is 22.9 Å². The number of nitrogens with zero attached hydrogens (tertiary/aromatic N) is 3. The molecule has 3 aromatic carbocycles. The smallest absolute Gasteiger partial charge is 0.255 e. The minimum absolute atomic E-state index is 0.156. The summed E-state index contributed by atoms with van der Waals surface area (Å²) >= 11 is 0. The van der Waals surface area contributed by atoms with Crippen molar-refractivity contribution in [1.29, 1.82) is 0 Å². The Morgan fingerprint density at radius 2 is 1.63 bits per heavy atom. The highest BCUT2D eigenvalue weighted by atomic mass is 16.1. The lowest BCUT2D eigenvalue weighted by Crippen LogP contribution is -2.22. The van der Waals surface area contributed by atoms with Crippen molar-refractivity contribution in [2.45, 2.75) is 27.7 Å². The number of benzene rings is 3. The van der Waals surface area contributed by atoms with Gasteiger partial charge in [-0.25, -0.2) is 9.97 Å². The summed E-state index contributed by atoms with van der Waals surface area (Å²) in [6.07, 6.45) is 0. The molecule has 1 heterocycles. The first kappa shape index (κ1) is 24.0. The summed E-state index contributed by atoms with van der Waals surface area (Å²) in [5.74, 6) is 1.19. The van der Waals surface area contributed by atoms with Crippen molar-refractivity contribution in [3.8, 4) is 11.3 Å². The number of hydrogen-bond donors (Lipinski definition) is 2. The quantitative estimate of drug-likeness (QED) is 0.307. The van der Waals surface area contributed by atoms with Gasteiger partial charge < -0.3 is 15.5 Å². The molecule has 0 saturated carbocycles. The molecule has 0 fully saturated rings. The fraction of sp³-hybridized carbons (Fsp3) is 0.207. The standard InChI is InChI=1S/C29H31N5O/c1-5-34(6-2)25-15-16-26(20(3)17-25)33-29(35)23-13-10-14-24(18-23)32-28-19-27(30-21(4)31-28)22-11-8-7-9-12-22/h7-19H,5-6H2,1-4H3,(H,33,35)(H,30,31,32). The molecule has 0 saturated heterocycles. The SMILES string of the molecule is CCN(CC)c1ccc(NC(=O)c2cccc(Nc3cc(-c4ccccc4)nc(C)n3)c2)c(C)c1. The average molecular weight is 466 g/mol. The van der Waals surface area contributed by atoms with Crippen LogP contribution in [-0.2, 0) is 0 Å². The van der Waals surface area contributed by atoms with Gasteiger partial charge in [0.1, 0.15) is 11.6 Å². The number of rotatable bonds is 8. The van der Waals surface area contributed by atoms with Crippen LogP contribution in [-0.4, -0.2) is 29.0 Å². The first-order valence-corrected chi connectivity index (χ1v) is 11.9. The number of aryl methyl sites for hydroxylation is 2. The predicted molar refractivity (Wildman–Crippen MR) is 145 cm³/mol.